The smallest absolute Gasteiger partial charge is 0.226 e. The number of hydrogen-bond acceptors (Lipinski definition) is 3. The quantitative estimate of drug-likeness (QED) is 0.721. The van der Waals surface area contributed by atoms with Gasteiger partial charge in [-0.15, -0.1) is 0 Å². The number of amides is 1. The third kappa shape index (κ3) is 4.91. The van der Waals surface area contributed by atoms with E-state index in [0.29, 0.717) is 18.2 Å². The third-order valence-electron chi connectivity index (χ3n) is 4.19. The predicted molar refractivity (Wildman–Crippen MR) is 80.6 cm³/mol. The van der Waals surface area contributed by atoms with Crippen LogP contribution >= 0.6 is 0 Å². The van der Waals surface area contributed by atoms with Crippen LogP contribution in [0.15, 0.2) is 12.2 Å². The average Bonchev–Trinajstić information content (AvgIpc) is 2.49. The fourth-order valence-electron chi connectivity index (χ4n) is 3.07. The molecule has 2 aliphatic heterocycles. The highest BCUT2D eigenvalue weighted by Gasteiger charge is 2.25. The minimum absolute atomic E-state index is 0.293. The zero-order chi connectivity index (χ0) is 14.2. The molecule has 1 atom stereocenters. The number of hydrogen-bond donors (Lipinski definition) is 0. The number of rotatable bonds is 5. The Morgan fingerprint density at radius 2 is 2.05 bits per heavy atom. The number of ether oxygens (including phenoxy) is 1. The van der Waals surface area contributed by atoms with E-state index < -0.39 is 0 Å². The summed E-state index contributed by atoms with van der Waals surface area (Å²) in [5.74, 6) is 0.933. The molecule has 0 aromatic carbocycles. The van der Waals surface area contributed by atoms with E-state index >= 15 is 0 Å². The first-order valence-electron chi connectivity index (χ1n) is 8.02. The van der Waals surface area contributed by atoms with Crippen molar-refractivity contribution in [3.05, 3.63) is 12.2 Å². The number of piperidine rings is 1. The lowest BCUT2D eigenvalue weighted by molar-refractivity contribution is -0.132. The van der Waals surface area contributed by atoms with Crippen LogP contribution in [0.25, 0.3) is 0 Å². The topological polar surface area (TPSA) is 32.8 Å². The molecule has 4 nitrogen and oxygen atoms in total. The molecule has 0 aliphatic carbocycles. The average molecular weight is 280 g/mol. The van der Waals surface area contributed by atoms with Gasteiger partial charge in [-0.25, -0.2) is 0 Å². The number of likely N-dealkylation sites (tertiary alicyclic amines) is 1. The monoisotopic (exact) mass is 280 g/mol. The second kappa shape index (κ2) is 8.42. The molecular formula is C16H28N2O2. The van der Waals surface area contributed by atoms with E-state index in [1.165, 1.54) is 6.42 Å². The van der Waals surface area contributed by atoms with Crippen molar-refractivity contribution in [3.8, 4) is 0 Å². The van der Waals surface area contributed by atoms with Crippen LogP contribution in [0.3, 0.4) is 0 Å². The van der Waals surface area contributed by atoms with Gasteiger partial charge >= 0.3 is 0 Å². The highest BCUT2D eigenvalue weighted by Crippen LogP contribution is 2.19. The molecule has 20 heavy (non-hydrogen) atoms. The lowest BCUT2D eigenvalue weighted by Gasteiger charge is -2.36. The maximum absolute atomic E-state index is 12.2. The van der Waals surface area contributed by atoms with Crippen LogP contribution in [-0.4, -0.2) is 61.6 Å². The van der Waals surface area contributed by atoms with E-state index in [2.05, 4.69) is 22.8 Å². The lowest BCUT2D eigenvalue weighted by Crippen LogP contribution is -2.46. The number of allylic oxidation sites excluding steroid dienone is 1. The van der Waals surface area contributed by atoms with Crippen molar-refractivity contribution >= 4 is 5.91 Å². The van der Waals surface area contributed by atoms with Gasteiger partial charge in [0.2, 0.25) is 5.91 Å². The van der Waals surface area contributed by atoms with Gasteiger partial charge < -0.3 is 9.64 Å². The van der Waals surface area contributed by atoms with E-state index in [0.717, 1.165) is 58.8 Å². The molecule has 0 bridgehead atoms. The van der Waals surface area contributed by atoms with E-state index in [1.54, 1.807) is 0 Å². The van der Waals surface area contributed by atoms with Crippen molar-refractivity contribution in [3.63, 3.8) is 0 Å². The van der Waals surface area contributed by atoms with E-state index in [1.807, 2.05) is 6.08 Å². The second-order valence-corrected chi connectivity index (χ2v) is 5.84. The van der Waals surface area contributed by atoms with Gasteiger partial charge in [-0.3, -0.25) is 9.69 Å². The molecule has 4 heteroatoms. The first-order chi connectivity index (χ1) is 9.79. The summed E-state index contributed by atoms with van der Waals surface area (Å²) in [6, 6.07) is 0. The highest BCUT2D eigenvalue weighted by molar-refractivity contribution is 5.77. The first kappa shape index (κ1) is 15.5. The molecule has 0 spiro atoms. The van der Waals surface area contributed by atoms with Crippen LogP contribution < -0.4 is 0 Å². The molecule has 0 unspecified atom stereocenters. The lowest BCUT2D eigenvalue weighted by atomic mass is 9.97. The Bertz CT molecular complexity index is 324. The molecule has 114 valence electrons. The summed E-state index contributed by atoms with van der Waals surface area (Å²) in [6.07, 6.45) is 8.07. The molecule has 2 saturated heterocycles. The molecule has 2 fully saturated rings. The number of carbonyl (C=O) groups excluding carboxylic acids is 1. The summed E-state index contributed by atoms with van der Waals surface area (Å²) in [6.45, 7) is 8.91. The van der Waals surface area contributed by atoms with Gasteiger partial charge in [0, 0.05) is 39.1 Å². The van der Waals surface area contributed by atoms with Crippen molar-refractivity contribution in [2.45, 2.75) is 32.6 Å². The summed E-state index contributed by atoms with van der Waals surface area (Å²) in [4.78, 5) is 16.7. The van der Waals surface area contributed by atoms with Gasteiger partial charge in [-0.1, -0.05) is 19.1 Å². The predicted octanol–water partition coefficient (Wildman–Crippen LogP) is 1.91. The summed E-state index contributed by atoms with van der Waals surface area (Å²) in [7, 11) is 0. The summed E-state index contributed by atoms with van der Waals surface area (Å²) >= 11 is 0. The number of carbonyl (C=O) groups is 1. The molecule has 0 aromatic heterocycles. The molecule has 0 aromatic rings. The SMILES string of the molecule is CC/C=C/CC(=O)N1CCC[C@@H](CN2CCOCC2)C1. The molecule has 2 aliphatic rings. The van der Waals surface area contributed by atoms with Gasteiger partial charge in [0.25, 0.3) is 0 Å². The Labute approximate surface area is 122 Å². The van der Waals surface area contributed by atoms with Crippen molar-refractivity contribution in [1.29, 1.82) is 0 Å². The summed E-state index contributed by atoms with van der Waals surface area (Å²) in [5, 5.41) is 0. The van der Waals surface area contributed by atoms with Gasteiger partial charge in [0.15, 0.2) is 0 Å². The Balaban J connectivity index is 1.75. The zero-order valence-electron chi connectivity index (χ0n) is 12.7. The van der Waals surface area contributed by atoms with Crippen LogP contribution in [0.2, 0.25) is 0 Å². The Hall–Kier alpha value is -0.870. The van der Waals surface area contributed by atoms with Crippen LogP contribution in [-0.2, 0) is 9.53 Å². The Morgan fingerprint density at radius 3 is 2.80 bits per heavy atom. The van der Waals surface area contributed by atoms with Crippen LogP contribution in [0.1, 0.15) is 32.6 Å². The molecule has 1 amide bonds. The van der Waals surface area contributed by atoms with Crippen LogP contribution in [0.4, 0.5) is 0 Å². The van der Waals surface area contributed by atoms with Crippen LogP contribution in [0, 0.1) is 5.92 Å². The van der Waals surface area contributed by atoms with E-state index in [4.69, 9.17) is 4.74 Å². The number of nitrogens with zero attached hydrogens (tertiary/aromatic N) is 2. The normalized spacial score (nSPS) is 25.2. The highest BCUT2D eigenvalue weighted by atomic mass is 16.5. The van der Waals surface area contributed by atoms with Gasteiger partial charge in [0.1, 0.15) is 0 Å². The number of morpholine rings is 1. The zero-order valence-corrected chi connectivity index (χ0v) is 12.7. The largest absolute Gasteiger partial charge is 0.379 e. The van der Waals surface area contributed by atoms with Gasteiger partial charge in [-0.2, -0.15) is 0 Å². The molecular weight excluding hydrogens is 252 g/mol. The van der Waals surface area contributed by atoms with E-state index in [9.17, 15) is 4.79 Å². The molecule has 0 saturated carbocycles. The van der Waals surface area contributed by atoms with Crippen molar-refractivity contribution in [2.75, 3.05) is 45.9 Å². The van der Waals surface area contributed by atoms with Crippen molar-refractivity contribution in [1.82, 2.24) is 9.80 Å². The third-order valence-corrected chi connectivity index (χ3v) is 4.19. The molecule has 0 radical (unpaired) electrons. The van der Waals surface area contributed by atoms with E-state index in [-0.39, 0.29) is 0 Å². The fraction of sp³-hybridized carbons (Fsp3) is 0.812. The Morgan fingerprint density at radius 1 is 1.25 bits per heavy atom. The first-order valence-corrected chi connectivity index (χ1v) is 8.02. The maximum Gasteiger partial charge on any atom is 0.226 e. The van der Waals surface area contributed by atoms with Gasteiger partial charge in [-0.05, 0) is 25.2 Å². The van der Waals surface area contributed by atoms with Gasteiger partial charge in [0.05, 0.1) is 13.2 Å². The minimum atomic E-state index is 0.293. The van der Waals surface area contributed by atoms with Crippen LogP contribution in [0.5, 0.6) is 0 Å². The summed E-state index contributed by atoms with van der Waals surface area (Å²) in [5.41, 5.74) is 0. The fourth-order valence-corrected chi connectivity index (χ4v) is 3.07. The summed E-state index contributed by atoms with van der Waals surface area (Å²) < 4.78 is 5.39. The van der Waals surface area contributed by atoms with Crippen molar-refractivity contribution < 1.29 is 9.53 Å². The van der Waals surface area contributed by atoms with Crippen molar-refractivity contribution in [2.24, 2.45) is 5.92 Å². The minimum Gasteiger partial charge on any atom is -0.379 e. The molecule has 0 N–H and O–H groups in total. The standard InChI is InChI=1S/C16H28N2O2/c1-2-3-4-7-16(19)18-8-5-6-15(14-18)13-17-9-11-20-12-10-17/h3-4,15H,2,5-14H2,1H3/b4-3+/t15-/m0/s1. The molecule has 2 rings (SSSR count). The Kier molecular flexibility index (Phi) is 6.54. The second-order valence-electron chi connectivity index (χ2n) is 5.84. The maximum atomic E-state index is 12.2. The molecule has 2 heterocycles.